The molecule has 5 rings (SSSR count). The smallest absolute Gasteiger partial charge is 0.340 e. The second-order valence-electron chi connectivity index (χ2n) is 6.70. The Hall–Kier alpha value is -1.32. The van der Waals surface area contributed by atoms with Crippen molar-refractivity contribution in [3.8, 4) is 0 Å². The highest BCUT2D eigenvalue weighted by Crippen LogP contribution is 2.66. The number of aromatic carboxylic acids is 1. The lowest BCUT2D eigenvalue weighted by atomic mass is 9.58. The Morgan fingerprint density at radius 3 is 2.63 bits per heavy atom. The van der Waals surface area contributed by atoms with E-state index in [-0.39, 0.29) is 5.56 Å². The van der Waals surface area contributed by atoms with Gasteiger partial charge in [-0.3, -0.25) is 0 Å². The first-order valence-electron chi connectivity index (χ1n) is 7.37. The van der Waals surface area contributed by atoms with Crippen LogP contribution in [0.5, 0.6) is 0 Å². The van der Waals surface area contributed by atoms with Gasteiger partial charge in [-0.05, 0) is 62.2 Å². The lowest BCUT2D eigenvalue weighted by Gasteiger charge is -2.47. The summed E-state index contributed by atoms with van der Waals surface area (Å²) < 4.78 is 5.24. The molecule has 2 bridgehead atoms. The Morgan fingerprint density at radius 1 is 1.32 bits per heavy atom. The van der Waals surface area contributed by atoms with E-state index >= 15 is 0 Å². The van der Waals surface area contributed by atoms with E-state index < -0.39 is 5.97 Å². The second kappa shape index (κ2) is 3.84. The number of carboxylic acid groups (broad SMARTS) is 1. The highest BCUT2D eigenvalue weighted by atomic mass is 16.5. The molecule has 1 heterocycles. The monoisotopic (exact) mass is 261 g/mol. The molecule has 1 aromatic rings. The summed E-state index contributed by atoms with van der Waals surface area (Å²) in [5.41, 5.74) is 0.760. The summed E-state index contributed by atoms with van der Waals surface area (Å²) in [7, 11) is 0. The standard InChI is InChI=1S/C15H19NO3/c17-14(18)11-8-16-19-13(11)10-7-12(10)15-4-1-9(2-5-15)3-6-15/h8-10,12H,1-7H2,(H,17,18). The van der Waals surface area contributed by atoms with E-state index in [9.17, 15) is 4.79 Å². The molecule has 4 heteroatoms. The zero-order valence-corrected chi connectivity index (χ0v) is 11.0. The zero-order valence-electron chi connectivity index (χ0n) is 11.0. The summed E-state index contributed by atoms with van der Waals surface area (Å²) in [5, 5.41) is 12.8. The molecule has 0 radical (unpaired) electrons. The highest BCUT2D eigenvalue weighted by Gasteiger charge is 2.57. The van der Waals surface area contributed by atoms with Gasteiger partial charge in [0.05, 0.1) is 6.20 Å². The molecule has 0 saturated heterocycles. The molecule has 19 heavy (non-hydrogen) atoms. The number of hydrogen-bond donors (Lipinski definition) is 1. The van der Waals surface area contributed by atoms with E-state index in [0.717, 1.165) is 12.3 Å². The second-order valence-corrected chi connectivity index (χ2v) is 6.70. The van der Waals surface area contributed by atoms with Gasteiger partial charge in [-0.15, -0.1) is 0 Å². The fourth-order valence-corrected chi connectivity index (χ4v) is 4.68. The van der Waals surface area contributed by atoms with Gasteiger partial charge in [0.25, 0.3) is 0 Å². The number of fused-ring (bicyclic) bond motifs is 3. The molecule has 2 unspecified atom stereocenters. The Morgan fingerprint density at radius 2 is 2.00 bits per heavy atom. The van der Waals surface area contributed by atoms with Crippen LogP contribution < -0.4 is 0 Å². The first-order valence-corrected chi connectivity index (χ1v) is 7.37. The number of carbonyl (C=O) groups is 1. The SMILES string of the molecule is O=C(O)c1cnoc1C1CC1C12CCC(CC1)CC2. The molecule has 0 amide bonds. The molecule has 4 aliphatic carbocycles. The van der Waals surface area contributed by atoms with Crippen LogP contribution in [-0.2, 0) is 0 Å². The zero-order chi connectivity index (χ0) is 13.0. The summed E-state index contributed by atoms with van der Waals surface area (Å²) in [6.07, 6.45) is 10.6. The maximum absolute atomic E-state index is 11.2. The van der Waals surface area contributed by atoms with Crippen molar-refractivity contribution in [1.29, 1.82) is 0 Å². The van der Waals surface area contributed by atoms with Crippen molar-refractivity contribution in [2.75, 3.05) is 0 Å². The average molecular weight is 261 g/mol. The van der Waals surface area contributed by atoms with Crippen molar-refractivity contribution in [1.82, 2.24) is 5.16 Å². The maximum atomic E-state index is 11.2. The van der Waals surface area contributed by atoms with Gasteiger partial charge < -0.3 is 9.63 Å². The predicted octanol–water partition coefficient (Wildman–Crippen LogP) is 3.45. The number of carboxylic acids is 1. The van der Waals surface area contributed by atoms with E-state index in [4.69, 9.17) is 9.63 Å². The van der Waals surface area contributed by atoms with Crippen LogP contribution in [0.4, 0.5) is 0 Å². The van der Waals surface area contributed by atoms with Gasteiger partial charge in [0.1, 0.15) is 5.56 Å². The Labute approximate surface area is 112 Å². The van der Waals surface area contributed by atoms with Crippen LogP contribution in [0.15, 0.2) is 10.7 Å². The van der Waals surface area contributed by atoms with Crippen LogP contribution in [0.1, 0.15) is 67.0 Å². The van der Waals surface area contributed by atoms with Crippen LogP contribution in [0.3, 0.4) is 0 Å². The summed E-state index contributed by atoms with van der Waals surface area (Å²) >= 11 is 0. The average Bonchev–Trinajstić information content (AvgIpc) is 3.11. The Balaban J connectivity index is 1.57. The minimum atomic E-state index is -0.910. The molecule has 4 saturated carbocycles. The molecule has 0 spiro atoms. The number of rotatable bonds is 3. The summed E-state index contributed by atoms with van der Waals surface area (Å²) in [5.74, 6) is 1.63. The minimum absolute atomic E-state index is 0.272. The van der Waals surface area contributed by atoms with Crippen LogP contribution >= 0.6 is 0 Å². The number of aromatic nitrogens is 1. The van der Waals surface area contributed by atoms with Gasteiger partial charge in [-0.25, -0.2) is 4.79 Å². The summed E-state index contributed by atoms with van der Waals surface area (Å²) in [4.78, 5) is 11.2. The molecule has 1 N–H and O–H groups in total. The van der Waals surface area contributed by atoms with Gasteiger partial charge in [-0.2, -0.15) is 0 Å². The molecule has 102 valence electrons. The molecule has 0 aliphatic heterocycles. The van der Waals surface area contributed by atoms with Gasteiger partial charge >= 0.3 is 5.97 Å². The van der Waals surface area contributed by atoms with E-state index in [0.29, 0.717) is 23.0 Å². The first kappa shape index (κ1) is 11.5. The number of nitrogens with zero attached hydrogens (tertiary/aromatic N) is 1. The largest absolute Gasteiger partial charge is 0.478 e. The third kappa shape index (κ3) is 1.65. The molecule has 4 nitrogen and oxygen atoms in total. The number of hydrogen-bond acceptors (Lipinski definition) is 3. The molecule has 4 fully saturated rings. The van der Waals surface area contributed by atoms with Crippen molar-refractivity contribution in [3.63, 3.8) is 0 Å². The van der Waals surface area contributed by atoms with Gasteiger partial charge in [0.2, 0.25) is 0 Å². The molecule has 2 atom stereocenters. The van der Waals surface area contributed by atoms with E-state index in [1.54, 1.807) is 0 Å². The first-order chi connectivity index (χ1) is 9.20. The lowest BCUT2D eigenvalue weighted by Crippen LogP contribution is -2.36. The molecule has 0 aromatic carbocycles. The molecule has 4 aliphatic rings. The predicted molar refractivity (Wildman–Crippen MR) is 67.9 cm³/mol. The van der Waals surface area contributed by atoms with E-state index in [1.165, 1.54) is 44.7 Å². The Kier molecular flexibility index (Phi) is 2.32. The van der Waals surface area contributed by atoms with Crippen molar-refractivity contribution in [2.24, 2.45) is 17.3 Å². The highest BCUT2D eigenvalue weighted by molar-refractivity contribution is 5.88. The van der Waals surface area contributed by atoms with Crippen LogP contribution in [-0.4, -0.2) is 16.2 Å². The van der Waals surface area contributed by atoms with Crippen LogP contribution in [0, 0.1) is 17.3 Å². The molecular weight excluding hydrogens is 242 g/mol. The van der Waals surface area contributed by atoms with E-state index in [1.807, 2.05) is 0 Å². The van der Waals surface area contributed by atoms with Crippen molar-refractivity contribution in [2.45, 2.75) is 50.9 Å². The Bertz CT molecular complexity index is 499. The third-order valence-electron chi connectivity index (χ3n) is 5.89. The normalized spacial score (nSPS) is 40.3. The van der Waals surface area contributed by atoms with Crippen LogP contribution in [0.25, 0.3) is 0 Å². The maximum Gasteiger partial charge on any atom is 0.340 e. The summed E-state index contributed by atoms with van der Waals surface area (Å²) in [6.45, 7) is 0. The molecule has 1 aromatic heterocycles. The summed E-state index contributed by atoms with van der Waals surface area (Å²) in [6, 6.07) is 0. The fourth-order valence-electron chi connectivity index (χ4n) is 4.68. The fraction of sp³-hybridized carbons (Fsp3) is 0.733. The van der Waals surface area contributed by atoms with Crippen molar-refractivity contribution in [3.05, 3.63) is 17.5 Å². The third-order valence-corrected chi connectivity index (χ3v) is 5.89. The van der Waals surface area contributed by atoms with Crippen molar-refractivity contribution >= 4 is 5.97 Å². The molecular formula is C15H19NO3. The quantitative estimate of drug-likeness (QED) is 0.905. The minimum Gasteiger partial charge on any atom is -0.478 e. The lowest BCUT2D eigenvalue weighted by molar-refractivity contribution is 0.0407. The van der Waals surface area contributed by atoms with Gasteiger partial charge in [0.15, 0.2) is 5.76 Å². The topological polar surface area (TPSA) is 63.3 Å². The van der Waals surface area contributed by atoms with Crippen molar-refractivity contribution < 1.29 is 14.4 Å². The van der Waals surface area contributed by atoms with Gasteiger partial charge in [0, 0.05) is 5.92 Å². The van der Waals surface area contributed by atoms with Gasteiger partial charge in [-0.1, -0.05) is 5.16 Å². The van der Waals surface area contributed by atoms with Crippen LogP contribution in [0.2, 0.25) is 0 Å². The van der Waals surface area contributed by atoms with E-state index in [2.05, 4.69) is 5.16 Å².